The van der Waals surface area contributed by atoms with E-state index in [1.165, 1.54) is 16.0 Å². The topological polar surface area (TPSA) is 76.4 Å². The third-order valence-electron chi connectivity index (χ3n) is 4.75. The number of thiophene rings is 1. The van der Waals surface area contributed by atoms with Crippen LogP contribution in [-0.2, 0) is 25.9 Å². The summed E-state index contributed by atoms with van der Waals surface area (Å²) in [5.41, 5.74) is 2.43. The Morgan fingerprint density at radius 3 is 2.87 bits per heavy atom. The van der Waals surface area contributed by atoms with E-state index in [0.717, 1.165) is 50.0 Å². The second-order valence-corrected chi connectivity index (χ2v) is 7.99. The zero-order valence-corrected chi connectivity index (χ0v) is 18.7. The number of aryl methyl sites for hydroxylation is 2. The fourth-order valence-electron chi connectivity index (χ4n) is 3.19. The van der Waals surface area contributed by atoms with Crippen LogP contribution >= 0.6 is 11.3 Å². The maximum atomic E-state index is 5.50. The highest BCUT2D eigenvalue weighted by Gasteiger charge is 2.06. The van der Waals surface area contributed by atoms with Gasteiger partial charge in [-0.3, -0.25) is 0 Å². The van der Waals surface area contributed by atoms with Crippen LogP contribution in [0.5, 0.6) is 5.75 Å². The molecule has 3 rings (SSSR count). The second kappa shape index (κ2) is 11.3. The summed E-state index contributed by atoms with van der Waals surface area (Å²) in [7, 11) is 1.71. The van der Waals surface area contributed by atoms with Crippen LogP contribution in [0.4, 0.5) is 0 Å². The molecule has 0 radical (unpaired) electrons. The Balaban J connectivity index is 1.58. The molecule has 2 aromatic heterocycles. The third-order valence-corrected chi connectivity index (χ3v) is 5.61. The highest BCUT2D eigenvalue weighted by atomic mass is 32.1. The molecule has 8 heteroatoms. The Kier molecular flexibility index (Phi) is 8.26. The van der Waals surface area contributed by atoms with Crippen LogP contribution < -0.4 is 15.4 Å². The number of hydrogen-bond acceptors (Lipinski definition) is 5. The quantitative estimate of drug-likeness (QED) is 0.385. The number of aromatic nitrogens is 3. The summed E-state index contributed by atoms with van der Waals surface area (Å²) in [5, 5.41) is 17.1. The van der Waals surface area contributed by atoms with E-state index in [1.807, 2.05) is 6.07 Å². The van der Waals surface area contributed by atoms with Gasteiger partial charge in [0.1, 0.15) is 17.9 Å². The molecule has 2 heterocycles. The molecule has 0 aliphatic carbocycles. The van der Waals surface area contributed by atoms with Crippen LogP contribution in [0.15, 0.2) is 47.0 Å². The predicted molar refractivity (Wildman–Crippen MR) is 122 cm³/mol. The van der Waals surface area contributed by atoms with Gasteiger partial charge in [-0.2, -0.15) is 0 Å². The first-order chi connectivity index (χ1) is 14.7. The van der Waals surface area contributed by atoms with E-state index in [9.17, 15) is 0 Å². The van der Waals surface area contributed by atoms with E-state index in [1.54, 1.807) is 24.8 Å². The van der Waals surface area contributed by atoms with E-state index in [-0.39, 0.29) is 0 Å². The van der Waals surface area contributed by atoms with Crippen molar-refractivity contribution in [3.05, 3.63) is 63.9 Å². The number of aliphatic imine (C=N–C) groups is 1. The van der Waals surface area contributed by atoms with E-state index in [2.05, 4.69) is 68.9 Å². The number of nitrogens with one attached hydrogen (secondary N) is 2. The monoisotopic (exact) mass is 426 g/mol. The third kappa shape index (κ3) is 6.32. The Morgan fingerprint density at radius 1 is 1.23 bits per heavy atom. The smallest absolute Gasteiger partial charge is 0.191 e. The summed E-state index contributed by atoms with van der Waals surface area (Å²) in [6.07, 6.45) is 3.51. The molecule has 0 amide bonds. The van der Waals surface area contributed by atoms with Crippen molar-refractivity contribution in [1.82, 2.24) is 25.4 Å². The van der Waals surface area contributed by atoms with Crippen molar-refractivity contribution in [3.8, 4) is 5.75 Å². The SMILES string of the molecule is CCc1nncn1CCNC(=NCc1cccs1)NCCc1cc(C)ccc1OC. The minimum Gasteiger partial charge on any atom is -0.496 e. The molecule has 30 heavy (non-hydrogen) atoms. The van der Waals surface area contributed by atoms with E-state index in [4.69, 9.17) is 9.73 Å². The van der Waals surface area contributed by atoms with E-state index >= 15 is 0 Å². The Labute approximate surface area is 182 Å². The number of rotatable bonds is 10. The summed E-state index contributed by atoms with van der Waals surface area (Å²) in [6, 6.07) is 10.4. The number of methoxy groups -OCH3 is 1. The van der Waals surface area contributed by atoms with Crippen molar-refractivity contribution in [2.75, 3.05) is 20.2 Å². The minimum atomic E-state index is 0.660. The molecular formula is C22H30N6OS. The molecule has 0 bridgehead atoms. The zero-order valence-electron chi connectivity index (χ0n) is 17.9. The molecular weight excluding hydrogens is 396 g/mol. The first-order valence-corrected chi connectivity index (χ1v) is 11.1. The average Bonchev–Trinajstić information content (AvgIpc) is 3.43. The van der Waals surface area contributed by atoms with Gasteiger partial charge in [-0.1, -0.05) is 30.7 Å². The van der Waals surface area contributed by atoms with E-state index < -0.39 is 0 Å². The number of benzene rings is 1. The van der Waals surface area contributed by atoms with Crippen LogP contribution in [0.2, 0.25) is 0 Å². The standard InChI is InChI=1S/C22H30N6OS/c1-4-21-27-26-16-28(21)12-11-24-22(25-15-19-6-5-13-30-19)23-10-9-18-14-17(2)7-8-20(18)29-3/h5-8,13-14,16H,4,9-12,15H2,1-3H3,(H2,23,24,25). The molecule has 2 N–H and O–H groups in total. The first-order valence-electron chi connectivity index (χ1n) is 10.2. The van der Waals surface area contributed by atoms with Crippen molar-refractivity contribution in [2.24, 2.45) is 4.99 Å². The molecule has 0 fully saturated rings. The van der Waals surface area contributed by atoms with Crippen molar-refractivity contribution in [2.45, 2.75) is 39.8 Å². The first kappa shape index (κ1) is 21.8. The van der Waals surface area contributed by atoms with Gasteiger partial charge in [-0.05, 0) is 36.4 Å². The molecule has 7 nitrogen and oxygen atoms in total. The number of nitrogens with zero attached hydrogens (tertiary/aromatic N) is 4. The normalized spacial score (nSPS) is 11.5. The minimum absolute atomic E-state index is 0.660. The van der Waals surface area contributed by atoms with E-state index in [0.29, 0.717) is 6.54 Å². The van der Waals surface area contributed by atoms with Crippen molar-refractivity contribution in [3.63, 3.8) is 0 Å². The van der Waals surface area contributed by atoms with Gasteiger partial charge in [0.15, 0.2) is 5.96 Å². The van der Waals surface area contributed by atoms with Gasteiger partial charge >= 0.3 is 0 Å². The Bertz CT molecular complexity index is 935. The number of guanidine groups is 1. The van der Waals surface area contributed by atoms with Crippen LogP contribution in [0, 0.1) is 6.92 Å². The van der Waals surface area contributed by atoms with Crippen LogP contribution in [0.25, 0.3) is 0 Å². The summed E-state index contributed by atoms with van der Waals surface area (Å²) in [4.78, 5) is 5.99. The molecule has 0 unspecified atom stereocenters. The lowest BCUT2D eigenvalue weighted by molar-refractivity contribution is 0.409. The van der Waals surface area contributed by atoms with Gasteiger partial charge in [0, 0.05) is 30.9 Å². The molecule has 0 spiro atoms. The van der Waals surface area contributed by atoms with Gasteiger partial charge < -0.3 is 19.9 Å². The summed E-state index contributed by atoms with van der Waals surface area (Å²) in [5.74, 6) is 2.72. The maximum Gasteiger partial charge on any atom is 0.191 e. The molecule has 0 saturated heterocycles. The number of ether oxygens (including phenoxy) is 1. The fraction of sp³-hybridized carbons (Fsp3) is 0.409. The lowest BCUT2D eigenvalue weighted by Crippen LogP contribution is -2.40. The molecule has 0 saturated carbocycles. The molecule has 0 aliphatic rings. The van der Waals surface area contributed by atoms with Crippen LogP contribution in [0.3, 0.4) is 0 Å². The lowest BCUT2D eigenvalue weighted by atomic mass is 10.1. The lowest BCUT2D eigenvalue weighted by Gasteiger charge is -2.14. The molecule has 160 valence electrons. The summed E-state index contributed by atoms with van der Waals surface area (Å²) < 4.78 is 7.57. The largest absolute Gasteiger partial charge is 0.496 e. The van der Waals surface area contributed by atoms with Gasteiger partial charge in [-0.15, -0.1) is 21.5 Å². The number of hydrogen-bond donors (Lipinski definition) is 2. The van der Waals surface area contributed by atoms with Gasteiger partial charge in [0.25, 0.3) is 0 Å². The molecule has 3 aromatic rings. The Morgan fingerprint density at radius 2 is 2.10 bits per heavy atom. The average molecular weight is 427 g/mol. The molecule has 1 aromatic carbocycles. The maximum absolute atomic E-state index is 5.50. The van der Waals surface area contributed by atoms with Crippen molar-refractivity contribution >= 4 is 17.3 Å². The summed E-state index contributed by atoms with van der Waals surface area (Å²) in [6.45, 7) is 7.15. The summed E-state index contributed by atoms with van der Waals surface area (Å²) >= 11 is 1.72. The Hall–Kier alpha value is -2.87. The van der Waals surface area contributed by atoms with Crippen LogP contribution in [-0.4, -0.2) is 40.9 Å². The highest BCUT2D eigenvalue weighted by molar-refractivity contribution is 7.09. The highest BCUT2D eigenvalue weighted by Crippen LogP contribution is 2.19. The van der Waals surface area contributed by atoms with Crippen molar-refractivity contribution in [1.29, 1.82) is 0 Å². The fourth-order valence-corrected chi connectivity index (χ4v) is 3.81. The second-order valence-electron chi connectivity index (χ2n) is 6.96. The van der Waals surface area contributed by atoms with Crippen molar-refractivity contribution < 1.29 is 4.74 Å². The van der Waals surface area contributed by atoms with Gasteiger partial charge in [-0.25, -0.2) is 4.99 Å². The molecule has 0 aliphatic heterocycles. The zero-order chi connectivity index (χ0) is 21.2. The molecule has 0 atom stereocenters. The predicted octanol–water partition coefficient (Wildman–Crippen LogP) is 3.20. The van der Waals surface area contributed by atoms with Gasteiger partial charge in [0.2, 0.25) is 0 Å². The van der Waals surface area contributed by atoms with Crippen LogP contribution in [0.1, 0.15) is 28.8 Å². The van der Waals surface area contributed by atoms with Gasteiger partial charge in [0.05, 0.1) is 13.7 Å².